The number of carbonyl (C=O) groups is 1. The molecule has 0 aliphatic carbocycles. The predicted octanol–water partition coefficient (Wildman–Crippen LogP) is 0.556. The number of nitrogen functional groups attached to an aromatic ring is 1. The molecule has 176 valence electrons. The molecule has 1 saturated heterocycles. The van der Waals surface area contributed by atoms with E-state index in [4.69, 9.17) is 10.5 Å². The van der Waals surface area contributed by atoms with Gasteiger partial charge in [-0.25, -0.2) is 4.68 Å². The number of anilines is 2. The van der Waals surface area contributed by atoms with E-state index in [-0.39, 0.29) is 19.0 Å². The number of amides is 1. The van der Waals surface area contributed by atoms with Crippen molar-refractivity contribution < 1.29 is 14.6 Å². The molecule has 4 aromatic heterocycles. The molecule has 0 spiro atoms. The first kappa shape index (κ1) is 21.3. The van der Waals surface area contributed by atoms with Crippen molar-refractivity contribution in [3.63, 3.8) is 0 Å². The summed E-state index contributed by atoms with van der Waals surface area (Å²) in [5.74, 6) is 0.139. The third kappa shape index (κ3) is 3.51. The van der Waals surface area contributed by atoms with Crippen LogP contribution in [0, 0.1) is 0 Å². The number of ether oxygens (including phenoxy) is 1. The molecule has 1 aromatic carbocycles. The number of nitrogens with one attached hydrogen (secondary N) is 1. The highest BCUT2D eigenvalue weighted by atomic mass is 32.1. The Balaban J connectivity index is 1.31. The zero-order valence-electron chi connectivity index (χ0n) is 17.9. The van der Waals surface area contributed by atoms with Crippen molar-refractivity contribution in [2.24, 2.45) is 0 Å². The van der Waals surface area contributed by atoms with Crippen molar-refractivity contribution in [2.45, 2.75) is 12.2 Å². The molecule has 13 nitrogen and oxygen atoms in total. The molecule has 0 bridgehead atoms. The first-order chi connectivity index (χ1) is 17.0. The molecular formula is C21H17N9O4S. The number of carbonyl (C=O) groups excluding carboxylic acids is 1. The van der Waals surface area contributed by atoms with Gasteiger partial charge in [-0.3, -0.25) is 14.5 Å². The largest absolute Gasteiger partial charge is 0.382 e. The number of benzene rings is 1. The van der Waals surface area contributed by atoms with Gasteiger partial charge in [0, 0.05) is 17.6 Å². The molecule has 4 N–H and O–H groups in total. The zero-order valence-corrected chi connectivity index (χ0v) is 18.7. The normalized spacial score (nSPS) is 17.3. The summed E-state index contributed by atoms with van der Waals surface area (Å²) >= 11 is 1.10. The predicted molar refractivity (Wildman–Crippen MR) is 126 cm³/mol. The van der Waals surface area contributed by atoms with Crippen molar-refractivity contribution in [1.29, 1.82) is 0 Å². The Morgan fingerprint density at radius 2 is 2.11 bits per heavy atom. The fourth-order valence-electron chi connectivity index (χ4n) is 4.04. The number of nitrogens with zero attached hydrogens (tertiary/aromatic N) is 7. The van der Waals surface area contributed by atoms with Crippen LogP contribution in [0.1, 0.15) is 11.9 Å². The van der Waals surface area contributed by atoms with E-state index in [1.54, 1.807) is 41.3 Å². The third-order valence-electron chi connectivity index (χ3n) is 5.74. The van der Waals surface area contributed by atoms with Crippen molar-refractivity contribution in [2.75, 3.05) is 23.8 Å². The molecule has 1 unspecified atom stereocenters. The number of aliphatic hydroxyl groups excluding tert-OH is 1. The van der Waals surface area contributed by atoms with Gasteiger partial charge in [0.1, 0.15) is 17.7 Å². The molecule has 0 radical (unpaired) electrons. The molecule has 35 heavy (non-hydrogen) atoms. The van der Waals surface area contributed by atoms with Gasteiger partial charge in [-0.15, -0.1) is 5.10 Å². The summed E-state index contributed by atoms with van der Waals surface area (Å²) in [5, 5.41) is 24.0. The molecule has 5 heterocycles. The highest BCUT2D eigenvalue weighted by Gasteiger charge is 2.38. The average molecular weight is 491 g/mol. The number of H-pyrrole nitrogens is 1. The van der Waals surface area contributed by atoms with Crippen molar-refractivity contribution in [1.82, 2.24) is 34.3 Å². The van der Waals surface area contributed by atoms with E-state index < -0.39 is 23.7 Å². The Morgan fingerprint density at radius 3 is 2.94 bits per heavy atom. The van der Waals surface area contributed by atoms with Crippen LogP contribution in [-0.4, -0.2) is 64.6 Å². The molecule has 14 heteroatoms. The number of hydrogen-bond donors (Lipinski definition) is 3. The van der Waals surface area contributed by atoms with Gasteiger partial charge in [0.25, 0.3) is 11.5 Å². The minimum atomic E-state index is -1.50. The van der Waals surface area contributed by atoms with Crippen molar-refractivity contribution in [3.05, 3.63) is 59.0 Å². The zero-order chi connectivity index (χ0) is 24.1. The van der Waals surface area contributed by atoms with Crippen molar-refractivity contribution in [3.8, 4) is 5.69 Å². The quantitative estimate of drug-likeness (QED) is 0.322. The molecule has 1 fully saturated rings. The van der Waals surface area contributed by atoms with Crippen LogP contribution < -0.4 is 16.2 Å². The number of aromatic nitrogens is 7. The monoisotopic (exact) mass is 491 g/mol. The Kier molecular flexibility index (Phi) is 4.98. The number of fused-ring (bicyclic) bond motifs is 3. The van der Waals surface area contributed by atoms with Gasteiger partial charge in [0.05, 0.1) is 46.8 Å². The van der Waals surface area contributed by atoms with Crippen LogP contribution in [0.3, 0.4) is 0 Å². The fraction of sp³-hybridized carbons (Fsp3) is 0.190. The van der Waals surface area contributed by atoms with Gasteiger partial charge in [-0.2, -0.15) is 19.6 Å². The minimum absolute atomic E-state index is 0.0760. The summed E-state index contributed by atoms with van der Waals surface area (Å²) in [4.78, 5) is 34.5. The SMILES string of the molecule is Nc1nsc2c1ccc1[nH]c(C(O)[C@H]3OCCN(c4ccn(-c5ccnnc5)n4)C3=O)nc(=O)c12. The molecule has 2 atom stereocenters. The van der Waals surface area contributed by atoms with Crippen LogP contribution >= 0.6 is 11.5 Å². The van der Waals surface area contributed by atoms with Gasteiger partial charge >= 0.3 is 0 Å². The van der Waals surface area contributed by atoms with Gasteiger partial charge in [0.2, 0.25) is 0 Å². The number of aliphatic hydroxyl groups is 1. The third-order valence-corrected chi connectivity index (χ3v) is 6.64. The highest BCUT2D eigenvalue weighted by Crippen LogP contribution is 2.30. The molecule has 1 aliphatic heterocycles. The number of morpholine rings is 1. The summed E-state index contributed by atoms with van der Waals surface area (Å²) in [6, 6.07) is 6.81. The molecular weight excluding hydrogens is 474 g/mol. The smallest absolute Gasteiger partial charge is 0.282 e. The van der Waals surface area contributed by atoms with Crippen LogP contribution in [0.2, 0.25) is 0 Å². The van der Waals surface area contributed by atoms with Crippen LogP contribution in [0.4, 0.5) is 11.6 Å². The van der Waals surface area contributed by atoms with Gasteiger partial charge < -0.3 is 20.6 Å². The van der Waals surface area contributed by atoms with Gasteiger partial charge in [0.15, 0.2) is 11.9 Å². The summed E-state index contributed by atoms with van der Waals surface area (Å²) in [7, 11) is 0. The summed E-state index contributed by atoms with van der Waals surface area (Å²) < 4.78 is 11.9. The van der Waals surface area contributed by atoms with Crippen LogP contribution in [0.25, 0.3) is 26.7 Å². The maximum atomic E-state index is 13.2. The van der Waals surface area contributed by atoms with E-state index in [0.29, 0.717) is 38.3 Å². The number of nitrogens with two attached hydrogens (primary N) is 1. The van der Waals surface area contributed by atoms with Crippen LogP contribution in [-0.2, 0) is 9.53 Å². The summed E-state index contributed by atoms with van der Waals surface area (Å²) in [6.07, 6.45) is 1.99. The maximum absolute atomic E-state index is 13.2. The highest BCUT2D eigenvalue weighted by molar-refractivity contribution is 7.14. The Labute approximate surface area is 200 Å². The van der Waals surface area contributed by atoms with E-state index in [2.05, 4.69) is 29.6 Å². The lowest BCUT2D eigenvalue weighted by atomic mass is 10.1. The Hall–Kier alpha value is -4.27. The number of hydrogen-bond acceptors (Lipinski definition) is 11. The lowest BCUT2D eigenvalue weighted by molar-refractivity contribution is -0.143. The second-order valence-corrected chi connectivity index (χ2v) is 8.58. The van der Waals surface area contributed by atoms with Crippen LogP contribution in [0.15, 0.2) is 47.7 Å². The van der Waals surface area contributed by atoms with Gasteiger partial charge in [-0.05, 0) is 29.7 Å². The lowest BCUT2D eigenvalue weighted by Gasteiger charge is -2.32. The van der Waals surface area contributed by atoms with E-state index >= 15 is 0 Å². The summed E-state index contributed by atoms with van der Waals surface area (Å²) in [5.41, 5.74) is 6.42. The fourth-order valence-corrected chi connectivity index (χ4v) is 4.88. The topological polar surface area (TPSA) is 178 Å². The van der Waals surface area contributed by atoms with E-state index in [0.717, 1.165) is 11.5 Å². The molecule has 1 aliphatic rings. The lowest BCUT2D eigenvalue weighted by Crippen LogP contribution is -2.50. The Morgan fingerprint density at radius 1 is 1.23 bits per heavy atom. The van der Waals surface area contributed by atoms with E-state index in [1.165, 1.54) is 11.1 Å². The van der Waals surface area contributed by atoms with E-state index in [1.807, 2.05) is 0 Å². The molecule has 5 aromatic rings. The number of rotatable bonds is 4. The number of aromatic amines is 1. The standard InChI is InChI=1S/C21H17N9O4S/c22-18-11-1-2-12-14(17(11)35-28-18)20(32)26-19(25-12)15(31)16-21(33)29(7-8-34-16)13-4-6-30(27-13)10-3-5-23-24-9-10/h1-6,9,15-16,31H,7-8H2,(H2,22,28)(H,25,26,32)/t15?,16-/m1/s1. The average Bonchev–Trinajstić information content (AvgIpc) is 3.51. The second-order valence-electron chi connectivity index (χ2n) is 7.81. The summed E-state index contributed by atoms with van der Waals surface area (Å²) in [6.45, 7) is 0.413. The Bertz CT molecular complexity index is 1630. The van der Waals surface area contributed by atoms with Crippen LogP contribution in [0.5, 0.6) is 0 Å². The molecule has 0 saturated carbocycles. The minimum Gasteiger partial charge on any atom is -0.382 e. The van der Waals surface area contributed by atoms with Gasteiger partial charge in [-0.1, -0.05) is 0 Å². The first-order valence-corrected chi connectivity index (χ1v) is 11.3. The maximum Gasteiger partial charge on any atom is 0.282 e. The second kappa shape index (κ2) is 8.19. The first-order valence-electron chi connectivity index (χ1n) is 10.5. The molecule has 1 amide bonds. The molecule has 6 rings (SSSR count). The van der Waals surface area contributed by atoms with Crippen molar-refractivity contribution >= 4 is 50.1 Å². The van der Waals surface area contributed by atoms with E-state index in [9.17, 15) is 14.7 Å².